The molecule has 1 aromatic heterocycles. The van der Waals surface area contributed by atoms with Gasteiger partial charge in [0.1, 0.15) is 5.15 Å². The molecule has 0 aliphatic rings. The lowest BCUT2D eigenvalue weighted by Gasteiger charge is -2.16. The molecular formula is C21H29ClN4O3S. The Morgan fingerprint density at radius 2 is 1.90 bits per heavy atom. The number of sulfonamides is 1. The SMILES string of the molecule is Cc1cc(S(=O)(=O)N(C)C)cc(NC(=O)/C=C/c2c(C)nn(CC(C)C)c2Cl)c1C. The molecule has 0 saturated heterocycles. The predicted molar refractivity (Wildman–Crippen MR) is 121 cm³/mol. The van der Waals surface area contributed by atoms with Gasteiger partial charge in [-0.2, -0.15) is 5.10 Å². The van der Waals surface area contributed by atoms with E-state index in [2.05, 4.69) is 24.3 Å². The molecule has 9 heteroatoms. The Hall–Kier alpha value is -2.16. The summed E-state index contributed by atoms with van der Waals surface area (Å²) in [6.07, 6.45) is 3.00. The third-order valence-electron chi connectivity index (χ3n) is 4.73. The molecule has 0 aliphatic carbocycles. The molecule has 7 nitrogen and oxygen atoms in total. The summed E-state index contributed by atoms with van der Waals surface area (Å²) < 4.78 is 27.8. The van der Waals surface area contributed by atoms with Crippen LogP contribution in [0.3, 0.4) is 0 Å². The van der Waals surface area contributed by atoms with Crippen LogP contribution in [-0.2, 0) is 21.4 Å². The smallest absolute Gasteiger partial charge is 0.248 e. The van der Waals surface area contributed by atoms with Crippen LogP contribution in [0.1, 0.15) is 36.2 Å². The number of hydrogen-bond donors (Lipinski definition) is 1. The molecular weight excluding hydrogens is 424 g/mol. The fourth-order valence-corrected chi connectivity index (χ4v) is 4.19. The van der Waals surface area contributed by atoms with Crippen LogP contribution >= 0.6 is 11.6 Å². The number of nitrogens with zero attached hydrogens (tertiary/aromatic N) is 3. The molecule has 0 bridgehead atoms. The van der Waals surface area contributed by atoms with Gasteiger partial charge in [0, 0.05) is 38.0 Å². The number of aromatic nitrogens is 2. The number of carbonyl (C=O) groups is 1. The predicted octanol–water partition coefficient (Wildman–Crippen LogP) is 4.02. The first kappa shape index (κ1) is 24.1. The van der Waals surface area contributed by atoms with Crippen LogP contribution in [-0.4, -0.2) is 42.5 Å². The number of hydrogen-bond acceptors (Lipinski definition) is 4. The second-order valence-electron chi connectivity index (χ2n) is 7.89. The summed E-state index contributed by atoms with van der Waals surface area (Å²) in [5.74, 6) is 0.00263. The van der Waals surface area contributed by atoms with Gasteiger partial charge in [0.2, 0.25) is 15.9 Å². The van der Waals surface area contributed by atoms with Crippen molar-refractivity contribution >= 4 is 39.3 Å². The van der Waals surface area contributed by atoms with Crippen LogP contribution in [0, 0.1) is 26.7 Å². The van der Waals surface area contributed by atoms with Crippen LogP contribution in [0.15, 0.2) is 23.1 Å². The van der Waals surface area contributed by atoms with Crippen molar-refractivity contribution in [1.82, 2.24) is 14.1 Å². The Morgan fingerprint density at radius 3 is 2.47 bits per heavy atom. The first-order valence-corrected chi connectivity index (χ1v) is 11.4. The maximum Gasteiger partial charge on any atom is 0.248 e. The molecule has 1 aromatic carbocycles. The van der Waals surface area contributed by atoms with Gasteiger partial charge in [-0.25, -0.2) is 12.7 Å². The van der Waals surface area contributed by atoms with Gasteiger partial charge in [0.15, 0.2) is 0 Å². The van der Waals surface area contributed by atoms with E-state index in [1.807, 2.05) is 20.8 Å². The molecule has 2 rings (SSSR count). The van der Waals surface area contributed by atoms with Gasteiger partial charge in [-0.15, -0.1) is 0 Å². The Balaban J connectivity index is 2.29. The van der Waals surface area contributed by atoms with Gasteiger partial charge in [-0.1, -0.05) is 25.4 Å². The van der Waals surface area contributed by atoms with E-state index >= 15 is 0 Å². The molecule has 164 valence electrons. The molecule has 2 aromatic rings. The second-order valence-corrected chi connectivity index (χ2v) is 10.4. The number of halogens is 1. The van der Waals surface area contributed by atoms with Crippen LogP contribution < -0.4 is 5.32 Å². The summed E-state index contributed by atoms with van der Waals surface area (Å²) in [4.78, 5) is 12.7. The first-order valence-electron chi connectivity index (χ1n) is 9.60. The Morgan fingerprint density at radius 1 is 1.27 bits per heavy atom. The van der Waals surface area contributed by atoms with Gasteiger partial charge in [-0.3, -0.25) is 9.48 Å². The summed E-state index contributed by atoms with van der Waals surface area (Å²) in [7, 11) is -0.674. The standard InChI is InChI=1S/C21H29ClN4O3S/c1-13(2)12-26-21(22)18(16(5)24-26)8-9-20(27)23-19-11-17(10-14(3)15(19)4)30(28,29)25(6)7/h8-11,13H,12H2,1-7H3,(H,23,27)/b9-8+. The lowest BCUT2D eigenvalue weighted by molar-refractivity contribution is -0.111. The molecule has 0 unspecified atom stereocenters. The third kappa shape index (κ3) is 5.30. The van der Waals surface area contributed by atoms with Crippen molar-refractivity contribution in [3.8, 4) is 0 Å². The molecule has 0 atom stereocenters. The minimum absolute atomic E-state index is 0.128. The van der Waals surface area contributed by atoms with Crippen molar-refractivity contribution in [3.05, 3.63) is 45.7 Å². The zero-order chi connectivity index (χ0) is 22.8. The number of nitrogens with one attached hydrogen (secondary N) is 1. The Bertz CT molecular complexity index is 1090. The molecule has 0 fully saturated rings. The van der Waals surface area contributed by atoms with E-state index in [1.165, 1.54) is 26.2 Å². The fourth-order valence-electron chi connectivity index (χ4n) is 2.87. The topological polar surface area (TPSA) is 84.3 Å². The number of amides is 1. The average molecular weight is 453 g/mol. The van der Waals surface area contributed by atoms with Crippen molar-refractivity contribution in [3.63, 3.8) is 0 Å². The number of aryl methyl sites for hydroxylation is 2. The van der Waals surface area contributed by atoms with Crippen molar-refractivity contribution in [1.29, 1.82) is 0 Å². The molecule has 1 N–H and O–H groups in total. The molecule has 1 heterocycles. The minimum atomic E-state index is -3.61. The van der Waals surface area contributed by atoms with E-state index in [1.54, 1.807) is 16.8 Å². The molecule has 0 aliphatic heterocycles. The van der Waals surface area contributed by atoms with Crippen LogP contribution in [0.5, 0.6) is 0 Å². The number of benzene rings is 1. The van der Waals surface area contributed by atoms with Gasteiger partial charge in [0.25, 0.3) is 0 Å². The summed E-state index contributed by atoms with van der Waals surface area (Å²) in [6.45, 7) is 10.3. The van der Waals surface area contributed by atoms with Crippen LogP contribution in [0.2, 0.25) is 5.15 Å². The summed E-state index contributed by atoms with van der Waals surface area (Å²) in [6, 6.07) is 3.07. The zero-order valence-corrected chi connectivity index (χ0v) is 20.0. The maximum absolute atomic E-state index is 12.5. The highest BCUT2D eigenvalue weighted by atomic mass is 35.5. The first-order chi connectivity index (χ1) is 13.8. The molecule has 0 saturated carbocycles. The van der Waals surface area contributed by atoms with Crippen LogP contribution in [0.25, 0.3) is 6.08 Å². The average Bonchev–Trinajstić information content (AvgIpc) is 2.89. The van der Waals surface area contributed by atoms with E-state index in [-0.39, 0.29) is 10.8 Å². The van der Waals surface area contributed by atoms with Gasteiger partial charge >= 0.3 is 0 Å². The van der Waals surface area contributed by atoms with Crippen molar-refractivity contribution in [2.45, 2.75) is 46.1 Å². The highest BCUT2D eigenvalue weighted by molar-refractivity contribution is 7.89. The normalized spacial score (nSPS) is 12.3. The van der Waals surface area contributed by atoms with E-state index in [4.69, 9.17) is 11.6 Å². The summed E-state index contributed by atoms with van der Waals surface area (Å²) >= 11 is 6.41. The molecule has 30 heavy (non-hydrogen) atoms. The Labute approximate surface area is 183 Å². The van der Waals surface area contributed by atoms with Crippen molar-refractivity contribution in [2.24, 2.45) is 5.92 Å². The van der Waals surface area contributed by atoms with E-state index in [0.717, 1.165) is 21.1 Å². The number of rotatable bonds is 7. The van der Waals surface area contributed by atoms with E-state index in [9.17, 15) is 13.2 Å². The number of carbonyl (C=O) groups excluding carboxylic acids is 1. The highest BCUT2D eigenvalue weighted by Crippen LogP contribution is 2.26. The molecule has 0 radical (unpaired) electrons. The highest BCUT2D eigenvalue weighted by Gasteiger charge is 2.20. The molecule has 0 spiro atoms. The summed E-state index contributed by atoms with van der Waals surface area (Å²) in [5, 5.41) is 7.68. The van der Waals surface area contributed by atoms with E-state index in [0.29, 0.717) is 28.9 Å². The lowest BCUT2D eigenvalue weighted by Crippen LogP contribution is -2.22. The zero-order valence-electron chi connectivity index (χ0n) is 18.4. The lowest BCUT2D eigenvalue weighted by atomic mass is 10.1. The fraction of sp³-hybridized carbons (Fsp3) is 0.429. The van der Waals surface area contributed by atoms with Crippen LogP contribution in [0.4, 0.5) is 5.69 Å². The second kappa shape index (κ2) is 9.32. The summed E-state index contributed by atoms with van der Waals surface area (Å²) in [5.41, 5.74) is 3.43. The van der Waals surface area contributed by atoms with Crippen molar-refractivity contribution < 1.29 is 13.2 Å². The Kier molecular flexibility index (Phi) is 7.49. The molecule has 1 amide bonds. The van der Waals surface area contributed by atoms with Gasteiger partial charge in [0.05, 0.1) is 10.6 Å². The minimum Gasteiger partial charge on any atom is -0.322 e. The quantitative estimate of drug-likeness (QED) is 0.643. The number of anilines is 1. The van der Waals surface area contributed by atoms with E-state index < -0.39 is 10.0 Å². The maximum atomic E-state index is 12.5. The largest absolute Gasteiger partial charge is 0.322 e. The monoisotopic (exact) mass is 452 g/mol. The van der Waals surface area contributed by atoms with Gasteiger partial charge in [-0.05, 0) is 56.0 Å². The van der Waals surface area contributed by atoms with Gasteiger partial charge < -0.3 is 5.32 Å². The third-order valence-corrected chi connectivity index (χ3v) is 6.92. The van der Waals surface area contributed by atoms with Crippen molar-refractivity contribution in [2.75, 3.05) is 19.4 Å².